The average Bonchev–Trinajstić information content (AvgIpc) is 2.40. The van der Waals surface area contributed by atoms with E-state index in [4.69, 9.17) is 11.6 Å². The SMILES string of the molecule is CC1(C)CN(c2ccc(F)c(Cl)c2)C2CCCCC2N1. The van der Waals surface area contributed by atoms with Crippen LogP contribution in [0.15, 0.2) is 18.2 Å². The number of fused-ring (bicyclic) bond motifs is 1. The van der Waals surface area contributed by atoms with Gasteiger partial charge in [0.1, 0.15) is 5.82 Å². The van der Waals surface area contributed by atoms with Crippen LogP contribution in [0.5, 0.6) is 0 Å². The molecule has 1 aliphatic heterocycles. The Hall–Kier alpha value is -0.800. The molecule has 0 spiro atoms. The van der Waals surface area contributed by atoms with Crippen LogP contribution in [0.25, 0.3) is 0 Å². The highest BCUT2D eigenvalue weighted by Gasteiger charge is 2.40. The normalized spacial score (nSPS) is 29.1. The van der Waals surface area contributed by atoms with Gasteiger partial charge in [-0.1, -0.05) is 24.4 Å². The van der Waals surface area contributed by atoms with E-state index in [9.17, 15) is 4.39 Å². The van der Waals surface area contributed by atoms with Gasteiger partial charge >= 0.3 is 0 Å². The van der Waals surface area contributed by atoms with Crippen molar-refractivity contribution in [1.82, 2.24) is 5.32 Å². The second-order valence-corrected chi connectivity index (χ2v) is 7.12. The molecule has 2 nitrogen and oxygen atoms in total. The zero-order valence-corrected chi connectivity index (χ0v) is 12.9. The molecule has 3 rings (SSSR count). The lowest BCUT2D eigenvalue weighted by Gasteiger charge is -2.52. The van der Waals surface area contributed by atoms with Crippen LogP contribution in [0.2, 0.25) is 5.02 Å². The van der Waals surface area contributed by atoms with Crippen molar-refractivity contribution in [3.8, 4) is 0 Å². The maximum atomic E-state index is 13.4. The van der Waals surface area contributed by atoms with Gasteiger partial charge in [-0.05, 0) is 44.9 Å². The molecule has 2 fully saturated rings. The Kier molecular flexibility index (Phi) is 3.67. The van der Waals surface area contributed by atoms with E-state index in [-0.39, 0.29) is 16.4 Å². The highest BCUT2D eigenvalue weighted by Crippen LogP contribution is 2.34. The molecule has 4 heteroatoms. The first-order chi connectivity index (χ1) is 9.46. The number of halogens is 2. The molecular formula is C16H22ClFN2. The zero-order valence-electron chi connectivity index (χ0n) is 12.1. The summed E-state index contributed by atoms with van der Waals surface area (Å²) < 4.78 is 13.4. The summed E-state index contributed by atoms with van der Waals surface area (Å²) in [4.78, 5) is 2.42. The van der Waals surface area contributed by atoms with Gasteiger partial charge in [0.25, 0.3) is 0 Å². The maximum absolute atomic E-state index is 13.4. The van der Waals surface area contributed by atoms with E-state index in [2.05, 4.69) is 24.1 Å². The topological polar surface area (TPSA) is 15.3 Å². The minimum absolute atomic E-state index is 0.0688. The summed E-state index contributed by atoms with van der Waals surface area (Å²) in [5.74, 6) is -0.343. The number of piperazine rings is 1. The number of rotatable bonds is 1. The minimum atomic E-state index is -0.343. The molecule has 0 radical (unpaired) electrons. The van der Waals surface area contributed by atoms with Crippen LogP contribution in [0, 0.1) is 5.82 Å². The Morgan fingerprint density at radius 1 is 1.30 bits per heavy atom. The lowest BCUT2D eigenvalue weighted by molar-refractivity contribution is 0.199. The molecule has 1 aromatic carbocycles. The predicted octanol–water partition coefficient (Wildman–Crippen LogP) is 3.98. The van der Waals surface area contributed by atoms with Crippen LogP contribution in [0.4, 0.5) is 10.1 Å². The van der Waals surface area contributed by atoms with E-state index in [0.29, 0.717) is 12.1 Å². The molecule has 110 valence electrons. The summed E-state index contributed by atoms with van der Waals surface area (Å²) in [5.41, 5.74) is 1.11. The predicted molar refractivity (Wildman–Crippen MR) is 82.0 cm³/mol. The summed E-state index contributed by atoms with van der Waals surface area (Å²) in [6.45, 7) is 5.39. The zero-order chi connectivity index (χ0) is 14.3. The third kappa shape index (κ3) is 2.66. The molecule has 1 N–H and O–H groups in total. The van der Waals surface area contributed by atoms with E-state index in [1.165, 1.54) is 31.7 Å². The lowest BCUT2D eigenvalue weighted by atomic mass is 9.83. The van der Waals surface area contributed by atoms with Crippen LogP contribution < -0.4 is 10.2 Å². The molecule has 0 bridgehead atoms. The first-order valence-corrected chi connectivity index (χ1v) is 7.83. The molecule has 1 aromatic rings. The summed E-state index contributed by atoms with van der Waals surface area (Å²) in [7, 11) is 0. The van der Waals surface area contributed by atoms with Gasteiger partial charge in [-0.15, -0.1) is 0 Å². The van der Waals surface area contributed by atoms with Crippen molar-refractivity contribution in [2.45, 2.75) is 57.2 Å². The Labute approximate surface area is 125 Å². The molecule has 2 aliphatic rings. The van der Waals surface area contributed by atoms with E-state index >= 15 is 0 Å². The van der Waals surface area contributed by atoms with Crippen molar-refractivity contribution in [2.24, 2.45) is 0 Å². The van der Waals surface area contributed by atoms with Gasteiger partial charge < -0.3 is 10.2 Å². The highest BCUT2D eigenvalue weighted by atomic mass is 35.5. The smallest absolute Gasteiger partial charge is 0.141 e. The number of anilines is 1. The van der Waals surface area contributed by atoms with Gasteiger partial charge in [-0.25, -0.2) is 4.39 Å². The van der Waals surface area contributed by atoms with Gasteiger partial charge in [0.15, 0.2) is 0 Å². The second-order valence-electron chi connectivity index (χ2n) is 6.71. The summed E-state index contributed by atoms with van der Waals surface area (Å²) in [5, 5.41) is 3.99. The number of nitrogens with zero attached hydrogens (tertiary/aromatic N) is 1. The van der Waals surface area contributed by atoms with Crippen molar-refractivity contribution < 1.29 is 4.39 Å². The number of hydrogen-bond acceptors (Lipinski definition) is 2. The fourth-order valence-corrected chi connectivity index (χ4v) is 3.86. The molecule has 1 saturated carbocycles. The number of hydrogen-bond donors (Lipinski definition) is 1. The van der Waals surface area contributed by atoms with Crippen LogP contribution in [-0.4, -0.2) is 24.2 Å². The molecule has 0 amide bonds. The third-order valence-corrected chi connectivity index (χ3v) is 4.80. The van der Waals surface area contributed by atoms with E-state index in [0.717, 1.165) is 12.2 Å². The van der Waals surface area contributed by atoms with Crippen molar-refractivity contribution in [1.29, 1.82) is 0 Å². The fraction of sp³-hybridized carbons (Fsp3) is 0.625. The van der Waals surface area contributed by atoms with E-state index < -0.39 is 0 Å². The van der Waals surface area contributed by atoms with Crippen molar-refractivity contribution in [3.05, 3.63) is 29.0 Å². The highest BCUT2D eigenvalue weighted by molar-refractivity contribution is 6.31. The molecule has 2 atom stereocenters. The first kappa shape index (κ1) is 14.2. The summed E-state index contributed by atoms with van der Waals surface area (Å²) >= 11 is 5.96. The minimum Gasteiger partial charge on any atom is -0.365 e. The first-order valence-electron chi connectivity index (χ1n) is 7.46. The standard InChI is InChI=1S/C16H22ClFN2/c1-16(2)10-20(11-7-8-13(18)12(17)9-11)15-6-4-3-5-14(15)19-16/h7-9,14-15,19H,3-6,10H2,1-2H3. The van der Waals surface area contributed by atoms with Gasteiger partial charge in [-0.3, -0.25) is 0 Å². The Morgan fingerprint density at radius 2 is 2.05 bits per heavy atom. The molecule has 20 heavy (non-hydrogen) atoms. The third-order valence-electron chi connectivity index (χ3n) is 4.51. The van der Waals surface area contributed by atoms with Gasteiger partial charge in [0, 0.05) is 29.9 Å². The largest absolute Gasteiger partial charge is 0.365 e. The number of benzene rings is 1. The van der Waals surface area contributed by atoms with Crippen LogP contribution >= 0.6 is 11.6 Å². The lowest BCUT2D eigenvalue weighted by Crippen LogP contribution is -2.67. The molecule has 0 aromatic heterocycles. The van der Waals surface area contributed by atoms with Gasteiger partial charge in [0.05, 0.1) is 5.02 Å². The second kappa shape index (κ2) is 5.19. The molecular weight excluding hydrogens is 275 g/mol. The van der Waals surface area contributed by atoms with E-state index in [1.54, 1.807) is 6.07 Å². The van der Waals surface area contributed by atoms with Crippen LogP contribution in [0.1, 0.15) is 39.5 Å². The van der Waals surface area contributed by atoms with Crippen molar-refractivity contribution in [2.75, 3.05) is 11.4 Å². The summed E-state index contributed by atoms with van der Waals surface area (Å²) in [6.07, 6.45) is 4.99. The van der Waals surface area contributed by atoms with Crippen LogP contribution in [-0.2, 0) is 0 Å². The Balaban J connectivity index is 1.93. The van der Waals surface area contributed by atoms with E-state index in [1.807, 2.05) is 6.07 Å². The molecule has 1 aliphatic carbocycles. The molecule has 1 saturated heterocycles. The maximum Gasteiger partial charge on any atom is 0.141 e. The monoisotopic (exact) mass is 296 g/mol. The Bertz CT molecular complexity index is 503. The van der Waals surface area contributed by atoms with Crippen molar-refractivity contribution >= 4 is 17.3 Å². The summed E-state index contributed by atoms with van der Waals surface area (Å²) in [6, 6.07) is 6.12. The quantitative estimate of drug-likeness (QED) is 0.843. The number of nitrogens with one attached hydrogen (secondary N) is 1. The average molecular weight is 297 g/mol. The molecule has 1 heterocycles. The Morgan fingerprint density at radius 3 is 2.80 bits per heavy atom. The van der Waals surface area contributed by atoms with Gasteiger partial charge in [-0.2, -0.15) is 0 Å². The molecule has 2 unspecified atom stereocenters. The van der Waals surface area contributed by atoms with Crippen LogP contribution in [0.3, 0.4) is 0 Å². The fourth-order valence-electron chi connectivity index (χ4n) is 3.69. The van der Waals surface area contributed by atoms with Crippen molar-refractivity contribution in [3.63, 3.8) is 0 Å². The van der Waals surface area contributed by atoms with Gasteiger partial charge in [0.2, 0.25) is 0 Å².